The molecule has 0 unspecified atom stereocenters. The maximum Gasteiger partial charge on any atom is 0.121 e. The molecule has 74 valence electrons. The highest BCUT2D eigenvalue weighted by atomic mass is 32.1. The molecule has 0 aliphatic carbocycles. The Labute approximate surface area is 86.0 Å². The van der Waals surface area contributed by atoms with Crippen molar-refractivity contribution in [2.75, 3.05) is 6.61 Å². The number of nitrogens with zero attached hydrogens (tertiary/aromatic N) is 1. The molecule has 0 saturated heterocycles. The lowest BCUT2D eigenvalue weighted by Crippen LogP contribution is -1.90. The van der Waals surface area contributed by atoms with Crippen LogP contribution in [0.15, 0.2) is 18.2 Å². The van der Waals surface area contributed by atoms with E-state index in [0.29, 0.717) is 6.61 Å². The van der Waals surface area contributed by atoms with Gasteiger partial charge in [-0.1, -0.05) is 0 Å². The standard InChI is InChI=1S/C10H11NO2S/c1-2-13-7-3-4-9-8(5-7)11-10(6-12)14-9/h3-5,12H,2,6H2,1H3. The van der Waals surface area contributed by atoms with Crippen molar-refractivity contribution in [1.82, 2.24) is 4.98 Å². The number of aliphatic hydroxyl groups is 1. The Morgan fingerprint density at radius 3 is 3.07 bits per heavy atom. The predicted molar refractivity (Wildman–Crippen MR) is 56.7 cm³/mol. The number of fused-ring (bicyclic) bond motifs is 1. The van der Waals surface area contributed by atoms with Gasteiger partial charge in [0.2, 0.25) is 0 Å². The summed E-state index contributed by atoms with van der Waals surface area (Å²) in [5, 5.41) is 9.67. The van der Waals surface area contributed by atoms with Crippen LogP contribution in [0.2, 0.25) is 0 Å². The Hall–Kier alpha value is -1.13. The van der Waals surface area contributed by atoms with Gasteiger partial charge in [0, 0.05) is 6.07 Å². The van der Waals surface area contributed by atoms with Crippen molar-refractivity contribution < 1.29 is 9.84 Å². The maximum atomic E-state index is 8.93. The number of benzene rings is 1. The molecule has 0 fully saturated rings. The van der Waals surface area contributed by atoms with Gasteiger partial charge < -0.3 is 9.84 Å². The summed E-state index contributed by atoms with van der Waals surface area (Å²) in [5.74, 6) is 0.829. The number of thiazole rings is 1. The lowest BCUT2D eigenvalue weighted by atomic mass is 10.3. The van der Waals surface area contributed by atoms with Crippen LogP contribution in [0, 0.1) is 0 Å². The largest absolute Gasteiger partial charge is 0.494 e. The molecule has 0 saturated carbocycles. The van der Waals surface area contributed by atoms with Crippen molar-refractivity contribution in [3.63, 3.8) is 0 Å². The molecule has 4 heteroatoms. The van der Waals surface area contributed by atoms with Gasteiger partial charge in [-0.05, 0) is 19.1 Å². The predicted octanol–water partition coefficient (Wildman–Crippen LogP) is 2.19. The monoisotopic (exact) mass is 209 g/mol. The number of rotatable bonds is 3. The summed E-state index contributed by atoms with van der Waals surface area (Å²) in [6.45, 7) is 2.61. The Kier molecular flexibility index (Phi) is 2.65. The molecule has 0 atom stereocenters. The van der Waals surface area contributed by atoms with Crippen LogP contribution in [0.4, 0.5) is 0 Å². The molecule has 0 bridgehead atoms. The molecule has 0 radical (unpaired) electrons. The van der Waals surface area contributed by atoms with Crippen molar-refractivity contribution in [3.05, 3.63) is 23.2 Å². The summed E-state index contributed by atoms with van der Waals surface area (Å²) in [5.41, 5.74) is 0.894. The molecule has 1 aromatic heterocycles. The fourth-order valence-electron chi connectivity index (χ4n) is 1.28. The minimum absolute atomic E-state index is 0.00329. The molecule has 0 aliphatic heterocycles. The molecule has 1 aromatic carbocycles. The maximum absolute atomic E-state index is 8.93. The van der Waals surface area contributed by atoms with Crippen molar-refractivity contribution in [3.8, 4) is 5.75 Å². The van der Waals surface area contributed by atoms with Crippen LogP contribution >= 0.6 is 11.3 Å². The number of ether oxygens (including phenoxy) is 1. The zero-order valence-electron chi connectivity index (χ0n) is 7.86. The third-order valence-corrected chi connectivity index (χ3v) is 2.87. The SMILES string of the molecule is CCOc1ccc2sc(CO)nc2c1. The second-order valence-electron chi connectivity index (χ2n) is 2.83. The highest BCUT2D eigenvalue weighted by Gasteiger charge is 2.03. The number of hydrogen-bond acceptors (Lipinski definition) is 4. The van der Waals surface area contributed by atoms with Gasteiger partial charge in [0.05, 0.1) is 23.4 Å². The minimum Gasteiger partial charge on any atom is -0.494 e. The van der Waals surface area contributed by atoms with Crippen LogP contribution in [0.5, 0.6) is 5.75 Å². The van der Waals surface area contributed by atoms with Crippen molar-refractivity contribution in [2.24, 2.45) is 0 Å². The van der Waals surface area contributed by atoms with Crippen LogP contribution in [0.3, 0.4) is 0 Å². The third-order valence-electron chi connectivity index (χ3n) is 1.85. The first kappa shape index (κ1) is 9.43. The molecule has 0 aliphatic rings. The third kappa shape index (κ3) is 1.71. The quantitative estimate of drug-likeness (QED) is 0.842. The molecule has 0 spiro atoms. The summed E-state index contributed by atoms with van der Waals surface area (Å²) < 4.78 is 6.44. The molecule has 2 rings (SSSR count). The second kappa shape index (κ2) is 3.94. The smallest absolute Gasteiger partial charge is 0.121 e. The summed E-state index contributed by atoms with van der Waals surface area (Å²) in [4.78, 5) is 4.26. The fourth-order valence-corrected chi connectivity index (χ4v) is 2.09. The van der Waals surface area contributed by atoms with Crippen molar-refractivity contribution in [2.45, 2.75) is 13.5 Å². The van der Waals surface area contributed by atoms with E-state index in [1.165, 1.54) is 11.3 Å². The zero-order chi connectivity index (χ0) is 9.97. The van der Waals surface area contributed by atoms with E-state index in [9.17, 15) is 0 Å². The highest BCUT2D eigenvalue weighted by Crippen LogP contribution is 2.25. The molecule has 14 heavy (non-hydrogen) atoms. The van der Waals surface area contributed by atoms with Gasteiger partial charge in [-0.25, -0.2) is 4.98 Å². The summed E-state index contributed by atoms with van der Waals surface area (Å²) >= 11 is 1.51. The first-order valence-electron chi connectivity index (χ1n) is 4.46. The van der Waals surface area contributed by atoms with E-state index < -0.39 is 0 Å². The van der Waals surface area contributed by atoms with E-state index in [-0.39, 0.29) is 6.61 Å². The van der Waals surface area contributed by atoms with E-state index in [1.54, 1.807) is 0 Å². The average Bonchev–Trinajstić information content (AvgIpc) is 2.60. The first-order chi connectivity index (χ1) is 6.83. The van der Waals surface area contributed by atoms with Gasteiger partial charge in [-0.2, -0.15) is 0 Å². The Morgan fingerprint density at radius 1 is 1.50 bits per heavy atom. The van der Waals surface area contributed by atoms with Crippen molar-refractivity contribution in [1.29, 1.82) is 0 Å². The first-order valence-corrected chi connectivity index (χ1v) is 5.28. The van der Waals surface area contributed by atoms with E-state index in [1.807, 2.05) is 25.1 Å². The molecular weight excluding hydrogens is 198 g/mol. The van der Waals surface area contributed by atoms with Crippen LogP contribution in [-0.2, 0) is 6.61 Å². The summed E-state index contributed by atoms with van der Waals surface area (Å²) in [6, 6.07) is 5.79. The van der Waals surface area contributed by atoms with Gasteiger partial charge in [0.1, 0.15) is 10.8 Å². The summed E-state index contributed by atoms with van der Waals surface area (Å²) in [6.07, 6.45) is 0. The Morgan fingerprint density at radius 2 is 2.36 bits per heavy atom. The molecule has 1 heterocycles. The average molecular weight is 209 g/mol. The number of hydrogen-bond donors (Lipinski definition) is 1. The van der Waals surface area contributed by atoms with Crippen LogP contribution in [-0.4, -0.2) is 16.7 Å². The lowest BCUT2D eigenvalue weighted by Gasteiger charge is -2.00. The Bertz CT molecular complexity index is 439. The molecule has 3 nitrogen and oxygen atoms in total. The second-order valence-corrected chi connectivity index (χ2v) is 3.94. The molecule has 1 N–H and O–H groups in total. The zero-order valence-corrected chi connectivity index (χ0v) is 8.67. The number of aliphatic hydroxyl groups excluding tert-OH is 1. The van der Waals surface area contributed by atoms with E-state index in [4.69, 9.17) is 9.84 Å². The van der Waals surface area contributed by atoms with Crippen LogP contribution < -0.4 is 4.74 Å². The number of aromatic nitrogens is 1. The van der Waals surface area contributed by atoms with Gasteiger partial charge in [-0.3, -0.25) is 0 Å². The van der Waals surface area contributed by atoms with Crippen LogP contribution in [0.1, 0.15) is 11.9 Å². The molecular formula is C10H11NO2S. The fraction of sp³-hybridized carbons (Fsp3) is 0.300. The summed E-state index contributed by atoms with van der Waals surface area (Å²) in [7, 11) is 0. The van der Waals surface area contributed by atoms with E-state index >= 15 is 0 Å². The van der Waals surface area contributed by atoms with E-state index in [0.717, 1.165) is 21.0 Å². The van der Waals surface area contributed by atoms with Gasteiger partial charge in [0.15, 0.2) is 0 Å². The van der Waals surface area contributed by atoms with Gasteiger partial charge in [-0.15, -0.1) is 11.3 Å². The molecule has 2 aromatic rings. The van der Waals surface area contributed by atoms with Crippen LogP contribution in [0.25, 0.3) is 10.2 Å². The normalized spacial score (nSPS) is 10.7. The van der Waals surface area contributed by atoms with Crippen molar-refractivity contribution >= 4 is 21.6 Å². The minimum atomic E-state index is 0.00329. The topological polar surface area (TPSA) is 42.4 Å². The van der Waals surface area contributed by atoms with E-state index in [2.05, 4.69) is 4.98 Å². The highest BCUT2D eigenvalue weighted by molar-refractivity contribution is 7.18. The van der Waals surface area contributed by atoms with Gasteiger partial charge >= 0.3 is 0 Å². The Balaban J connectivity index is 2.43. The molecule has 0 amide bonds. The van der Waals surface area contributed by atoms with Gasteiger partial charge in [0.25, 0.3) is 0 Å². The lowest BCUT2D eigenvalue weighted by molar-refractivity contribution is 0.281.